The van der Waals surface area contributed by atoms with Crippen LogP contribution < -0.4 is 15.4 Å². The smallest absolute Gasteiger partial charge is 0.267 e. The van der Waals surface area contributed by atoms with E-state index < -0.39 is 11.9 Å². The van der Waals surface area contributed by atoms with E-state index in [1.807, 2.05) is 18.2 Å². The second kappa shape index (κ2) is 5.61. The monoisotopic (exact) mass is 306 g/mol. The molecule has 2 aromatic rings. The van der Waals surface area contributed by atoms with Gasteiger partial charge in [-0.2, -0.15) is 0 Å². The zero-order valence-electron chi connectivity index (χ0n) is 10.9. The van der Waals surface area contributed by atoms with E-state index in [1.54, 1.807) is 6.07 Å². The predicted molar refractivity (Wildman–Crippen MR) is 79.4 cm³/mol. The van der Waals surface area contributed by atoms with Crippen LogP contribution in [-0.4, -0.2) is 18.6 Å². The van der Waals surface area contributed by atoms with Gasteiger partial charge in [0.2, 0.25) is 0 Å². The summed E-state index contributed by atoms with van der Waals surface area (Å²) in [7, 11) is 0. The summed E-state index contributed by atoms with van der Waals surface area (Å²) < 4.78 is 18.9. The Labute approximate surface area is 125 Å². The maximum atomic E-state index is 13.2. The SMILES string of the molecule is O=C(Nc1cc(F)cc(Cl)c1)C1CNc2ccccc2O1. The largest absolute Gasteiger partial charge is 0.477 e. The summed E-state index contributed by atoms with van der Waals surface area (Å²) in [6.07, 6.45) is -0.693. The number of carbonyl (C=O) groups excluding carboxylic acids is 1. The van der Waals surface area contributed by atoms with Gasteiger partial charge < -0.3 is 15.4 Å². The van der Waals surface area contributed by atoms with E-state index >= 15 is 0 Å². The molecule has 3 rings (SSSR count). The van der Waals surface area contributed by atoms with Crippen LogP contribution in [0.25, 0.3) is 0 Å². The number of rotatable bonds is 2. The number of carbonyl (C=O) groups is 1. The molecule has 6 heteroatoms. The number of nitrogens with one attached hydrogen (secondary N) is 2. The number of fused-ring (bicyclic) bond motifs is 1. The van der Waals surface area contributed by atoms with E-state index in [0.29, 0.717) is 18.0 Å². The minimum Gasteiger partial charge on any atom is -0.477 e. The highest BCUT2D eigenvalue weighted by molar-refractivity contribution is 6.30. The van der Waals surface area contributed by atoms with Crippen LogP contribution in [-0.2, 0) is 4.79 Å². The predicted octanol–water partition coefficient (Wildman–Crippen LogP) is 3.29. The van der Waals surface area contributed by atoms with E-state index in [-0.39, 0.29) is 10.9 Å². The maximum absolute atomic E-state index is 13.2. The Hall–Kier alpha value is -2.27. The fourth-order valence-corrected chi connectivity index (χ4v) is 2.33. The fourth-order valence-electron chi connectivity index (χ4n) is 2.11. The lowest BCUT2D eigenvalue weighted by atomic mass is 10.2. The highest BCUT2D eigenvalue weighted by Gasteiger charge is 2.25. The normalized spacial score (nSPS) is 16.4. The molecule has 0 radical (unpaired) electrons. The molecule has 0 saturated heterocycles. The zero-order valence-corrected chi connectivity index (χ0v) is 11.7. The lowest BCUT2D eigenvalue weighted by molar-refractivity contribution is -0.122. The Bertz CT molecular complexity index is 673. The molecule has 21 heavy (non-hydrogen) atoms. The van der Waals surface area contributed by atoms with Crippen molar-refractivity contribution in [3.05, 3.63) is 53.3 Å². The van der Waals surface area contributed by atoms with Crippen molar-refractivity contribution in [3.63, 3.8) is 0 Å². The molecule has 108 valence electrons. The Kier molecular flexibility index (Phi) is 3.66. The molecule has 1 heterocycles. The van der Waals surface area contributed by atoms with Gasteiger partial charge in [-0.15, -0.1) is 0 Å². The van der Waals surface area contributed by atoms with Gasteiger partial charge in [-0.05, 0) is 30.3 Å². The third-order valence-corrected chi connectivity index (χ3v) is 3.27. The molecule has 1 aliphatic heterocycles. The first kappa shape index (κ1) is 13.7. The summed E-state index contributed by atoms with van der Waals surface area (Å²) in [5, 5.41) is 5.93. The first-order valence-corrected chi connectivity index (χ1v) is 6.76. The molecule has 1 atom stereocenters. The Morgan fingerprint density at radius 3 is 2.95 bits per heavy atom. The minimum absolute atomic E-state index is 0.221. The van der Waals surface area contributed by atoms with Gasteiger partial charge in [0, 0.05) is 10.7 Å². The van der Waals surface area contributed by atoms with Crippen molar-refractivity contribution >= 4 is 28.9 Å². The van der Waals surface area contributed by atoms with E-state index in [2.05, 4.69) is 10.6 Å². The molecule has 1 unspecified atom stereocenters. The van der Waals surface area contributed by atoms with Crippen molar-refractivity contribution in [2.45, 2.75) is 6.10 Å². The molecule has 1 amide bonds. The van der Waals surface area contributed by atoms with Crippen molar-refractivity contribution < 1.29 is 13.9 Å². The van der Waals surface area contributed by atoms with Crippen molar-refractivity contribution in [1.29, 1.82) is 0 Å². The number of hydrogen-bond acceptors (Lipinski definition) is 3. The molecule has 0 fully saturated rings. The van der Waals surface area contributed by atoms with E-state index in [1.165, 1.54) is 18.2 Å². The summed E-state index contributed by atoms with van der Waals surface area (Å²) in [5.74, 6) is -0.259. The van der Waals surface area contributed by atoms with E-state index in [0.717, 1.165) is 5.69 Å². The number of ether oxygens (including phenoxy) is 1. The van der Waals surface area contributed by atoms with Crippen LogP contribution in [0.1, 0.15) is 0 Å². The highest BCUT2D eigenvalue weighted by atomic mass is 35.5. The highest BCUT2D eigenvalue weighted by Crippen LogP contribution is 2.28. The van der Waals surface area contributed by atoms with Gasteiger partial charge in [-0.1, -0.05) is 23.7 Å². The zero-order chi connectivity index (χ0) is 14.8. The van der Waals surface area contributed by atoms with Crippen LogP contribution in [0, 0.1) is 5.82 Å². The van der Waals surface area contributed by atoms with Crippen molar-refractivity contribution in [2.75, 3.05) is 17.2 Å². The average molecular weight is 307 g/mol. The quantitative estimate of drug-likeness (QED) is 0.895. The van der Waals surface area contributed by atoms with Crippen LogP contribution in [0.15, 0.2) is 42.5 Å². The molecule has 2 aromatic carbocycles. The molecule has 0 bridgehead atoms. The second-order valence-electron chi connectivity index (χ2n) is 4.63. The molecule has 2 N–H and O–H groups in total. The van der Waals surface area contributed by atoms with Crippen LogP contribution in [0.4, 0.5) is 15.8 Å². The Morgan fingerprint density at radius 2 is 2.14 bits per heavy atom. The molecule has 0 saturated carbocycles. The summed E-state index contributed by atoms with van der Waals surface area (Å²) in [6.45, 7) is 0.339. The maximum Gasteiger partial charge on any atom is 0.267 e. The first-order chi connectivity index (χ1) is 10.1. The van der Waals surface area contributed by atoms with Crippen LogP contribution >= 0.6 is 11.6 Å². The van der Waals surface area contributed by atoms with Crippen LogP contribution in [0.2, 0.25) is 5.02 Å². The molecule has 4 nitrogen and oxygen atoms in total. The van der Waals surface area contributed by atoms with Crippen LogP contribution in [0.5, 0.6) is 5.75 Å². The van der Waals surface area contributed by atoms with Crippen molar-refractivity contribution in [2.24, 2.45) is 0 Å². The second-order valence-corrected chi connectivity index (χ2v) is 5.07. The van der Waals surface area contributed by atoms with Gasteiger partial charge in [-0.25, -0.2) is 4.39 Å². The number of amides is 1. The molecule has 1 aliphatic rings. The number of halogens is 2. The van der Waals surface area contributed by atoms with Crippen molar-refractivity contribution in [3.8, 4) is 5.75 Å². The number of anilines is 2. The molecule has 0 spiro atoms. The molecular formula is C15H12ClFN2O2. The fraction of sp³-hybridized carbons (Fsp3) is 0.133. The summed E-state index contributed by atoms with van der Waals surface area (Å²) in [6, 6.07) is 11.2. The lowest BCUT2D eigenvalue weighted by Crippen LogP contribution is -2.41. The third kappa shape index (κ3) is 3.08. The average Bonchev–Trinajstić information content (AvgIpc) is 2.45. The van der Waals surface area contributed by atoms with Crippen LogP contribution in [0.3, 0.4) is 0 Å². The lowest BCUT2D eigenvalue weighted by Gasteiger charge is -2.26. The van der Waals surface area contributed by atoms with Crippen molar-refractivity contribution in [1.82, 2.24) is 0 Å². The summed E-state index contributed by atoms with van der Waals surface area (Å²) >= 11 is 5.75. The molecule has 0 aliphatic carbocycles. The van der Waals surface area contributed by atoms with Gasteiger partial charge in [0.25, 0.3) is 5.91 Å². The molecule has 0 aromatic heterocycles. The minimum atomic E-state index is -0.693. The summed E-state index contributed by atoms with van der Waals surface area (Å²) in [4.78, 5) is 12.2. The van der Waals surface area contributed by atoms with Gasteiger partial charge in [-0.3, -0.25) is 4.79 Å². The summed E-state index contributed by atoms with van der Waals surface area (Å²) in [5.41, 5.74) is 1.14. The first-order valence-electron chi connectivity index (χ1n) is 6.38. The Morgan fingerprint density at radius 1 is 1.33 bits per heavy atom. The van der Waals surface area contributed by atoms with E-state index in [4.69, 9.17) is 16.3 Å². The molecular weight excluding hydrogens is 295 g/mol. The van der Waals surface area contributed by atoms with E-state index in [9.17, 15) is 9.18 Å². The van der Waals surface area contributed by atoms with Gasteiger partial charge in [0.05, 0.1) is 12.2 Å². The number of para-hydroxylation sites is 2. The number of benzene rings is 2. The van der Waals surface area contributed by atoms with Gasteiger partial charge in [0.1, 0.15) is 11.6 Å². The van der Waals surface area contributed by atoms with Gasteiger partial charge in [0.15, 0.2) is 6.10 Å². The third-order valence-electron chi connectivity index (χ3n) is 3.06. The number of hydrogen-bond donors (Lipinski definition) is 2. The topological polar surface area (TPSA) is 50.4 Å². The Balaban J connectivity index is 1.72. The standard InChI is InChI=1S/C15H12ClFN2O2/c16-9-5-10(17)7-11(6-9)19-15(20)14-8-18-12-3-1-2-4-13(12)21-14/h1-7,14,18H,8H2,(H,19,20). The van der Waals surface area contributed by atoms with Gasteiger partial charge >= 0.3 is 0 Å².